The van der Waals surface area contributed by atoms with Crippen molar-refractivity contribution in [1.29, 1.82) is 0 Å². The molecule has 0 unspecified atom stereocenters. The molecule has 1 aromatic carbocycles. The summed E-state index contributed by atoms with van der Waals surface area (Å²) < 4.78 is 28.6. The van der Waals surface area contributed by atoms with Gasteiger partial charge in [0.05, 0.1) is 10.2 Å². The lowest BCUT2D eigenvalue weighted by atomic mass is 10.0. The maximum Gasteiger partial charge on any atom is 0.253 e. The number of aromatic nitrogens is 1. The third-order valence-corrected chi connectivity index (χ3v) is 9.34. The van der Waals surface area contributed by atoms with Crippen molar-refractivity contribution >= 4 is 54.0 Å². The second-order valence-corrected chi connectivity index (χ2v) is 11.5. The summed E-state index contributed by atoms with van der Waals surface area (Å²) in [5, 5.41) is 5.10. The number of hydrogen-bond donors (Lipinski definition) is 1. The van der Waals surface area contributed by atoms with Crippen LogP contribution >= 0.6 is 22.7 Å². The van der Waals surface area contributed by atoms with Crippen LogP contribution in [0.4, 0.5) is 5.13 Å². The number of carbonyl (C=O) groups is 1. The number of rotatable bonds is 5. The average Bonchev–Trinajstić information content (AvgIpc) is 3.37. The van der Waals surface area contributed by atoms with Crippen LogP contribution in [0.3, 0.4) is 0 Å². The highest BCUT2D eigenvalue weighted by Crippen LogP contribution is 2.31. The SMILES string of the molecule is CC(C)c1ccc2nc(NC(=O)[C@H]3CCCCN3S(=O)(=O)c3cccs3)sc2c1. The minimum absolute atomic E-state index is 0.276. The number of thiazole rings is 1. The third kappa shape index (κ3) is 4.09. The van der Waals surface area contributed by atoms with E-state index in [1.54, 1.807) is 17.5 Å². The van der Waals surface area contributed by atoms with Gasteiger partial charge in [-0.05, 0) is 47.9 Å². The summed E-state index contributed by atoms with van der Waals surface area (Å²) in [5.74, 6) is 0.103. The highest BCUT2D eigenvalue weighted by atomic mass is 32.2. The van der Waals surface area contributed by atoms with Crippen LogP contribution in [-0.4, -0.2) is 36.2 Å². The monoisotopic (exact) mass is 449 g/mol. The number of anilines is 1. The van der Waals surface area contributed by atoms with Crippen LogP contribution in [0.2, 0.25) is 0 Å². The van der Waals surface area contributed by atoms with E-state index in [1.165, 1.54) is 32.5 Å². The van der Waals surface area contributed by atoms with Gasteiger partial charge < -0.3 is 5.32 Å². The molecule has 1 amide bonds. The molecular weight excluding hydrogens is 426 g/mol. The van der Waals surface area contributed by atoms with Gasteiger partial charge in [0, 0.05) is 6.54 Å². The van der Waals surface area contributed by atoms with Gasteiger partial charge in [-0.2, -0.15) is 4.31 Å². The average molecular weight is 450 g/mol. The Bertz CT molecular complexity index is 1120. The van der Waals surface area contributed by atoms with Crippen molar-refractivity contribution in [2.24, 2.45) is 0 Å². The molecule has 3 aromatic rings. The van der Waals surface area contributed by atoms with Gasteiger partial charge in [-0.15, -0.1) is 11.3 Å². The Morgan fingerprint density at radius 3 is 2.83 bits per heavy atom. The number of amides is 1. The first-order valence-electron chi connectivity index (χ1n) is 9.63. The van der Waals surface area contributed by atoms with Crippen LogP contribution in [0.1, 0.15) is 44.6 Å². The van der Waals surface area contributed by atoms with Gasteiger partial charge in [0.2, 0.25) is 5.91 Å². The van der Waals surface area contributed by atoms with Crippen molar-refractivity contribution in [2.45, 2.75) is 49.3 Å². The Morgan fingerprint density at radius 2 is 2.10 bits per heavy atom. The molecule has 3 heterocycles. The quantitative estimate of drug-likeness (QED) is 0.614. The van der Waals surface area contributed by atoms with Crippen LogP contribution < -0.4 is 5.32 Å². The zero-order valence-electron chi connectivity index (χ0n) is 16.3. The molecule has 9 heteroatoms. The molecule has 0 radical (unpaired) electrons. The Morgan fingerprint density at radius 1 is 1.28 bits per heavy atom. The molecule has 154 valence electrons. The number of nitrogens with zero attached hydrogens (tertiary/aromatic N) is 2. The lowest BCUT2D eigenvalue weighted by Gasteiger charge is -2.32. The first-order valence-corrected chi connectivity index (χ1v) is 12.8. The molecule has 0 saturated carbocycles. The third-order valence-electron chi connectivity index (χ3n) is 5.12. The number of hydrogen-bond acceptors (Lipinski definition) is 6. The van der Waals surface area contributed by atoms with Gasteiger partial charge in [-0.25, -0.2) is 13.4 Å². The van der Waals surface area contributed by atoms with Gasteiger partial charge in [0.25, 0.3) is 10.0 Å². The molecule has 1 aliphatic rings. The summed E-state index contributed by atoms with van der Waals surface area (Å²) in [4.78, 5) is 17.5. The van der Waals surface area contributed by atoms with Crippen molar-refractivity contribution in [3.63, 3.8) is 0 Å². The second kappa shape index (κ2) is 8.14. The van der Waals surface area contributed by atoms with E-state index in [2.05, 4.69) is 36.3 Å². The van der Waals surface area contributed by atoms with Gasteiger partial charge in [0.1, 0.15) is 10.3 Å². The van der Waals surface area contributed by atoms with E-state index in [9.17, 15) is 13.2 Å². The molecule has 1 saturated heterocycles. The van der Waals surface area contributed by atoms with E-state index in [0.29, 0.717) is 24.0 Å². The van der Waals surface area contributed by atoms with Crippen LogP contribution in [0.25, 0.3) is 10.2 Å². The minimum Gasteiger partial charge on any atom is -0.301 e. The predicted octanol–water partition coefficient (Wildman–Crippen LogP) is 4.66. The van der Waals surface area contributed by atoms with E-state index in [4.69, 9.17) is 0 Å². The molecule has 2 aromatic heterocycles. The summed E-state index contributed by atoms with van der Waals surface area (Å²) in [5.41, 5.74) is 2.06. The van der Waals surface area contributed by atoms with E-state index < -0.39 is 16.1 Å². The van der Waals surface area contributed by atoms with Crippen molar-refractivity contribution in [1.82, 2.24) is 9.29 Å². The summed E-state index contributed by atoms with van der Waals surface area (Å²) >= 11 is 2.59. The molecular formula is C20H23N3O3S3. The van der Waals surface area contributed by atoms with Gasteiger partial charge in [-0.1, -0.05) is 43.7 Å². The second-order valence-electron chi connectivity index (χ2n) is 7.45. The lowest BCUT2D eigenvalue weighted by molar-refractivity contribution is -0.120. The summed E-state index contributed by atoms with van der Waals surface area (Å²) in [6.45, 7) is 4.63. The normalized spacial score (nSPS) is 18.4. The van der Waals surface area contributed by atoms with E-state index in [-0.39, 0.29) is 10.1 Å². The molecule has 1 atom stereocenters. The number of thiophene rings is 1. The molecule has 4 rings (SSSR count). The number of nitrogens with one attached hydrogen (secondary N) is 1. The first kappa shape index (κ1) is 20.5. The Hall–Kier alpha value is -1.81. The summed E-state index contributed by atoms with van der Waals surface area (Å²) in [6.07, 6.45) is 2.10. The molecule has 6 nitrogen and oxygen atoms in total. The van der Waals surface area contributed by atoms with Gasteiger partial charge in [0.15, 0.2) is 5.13 Å². The minimum atomic E-state index is -3.67. The lowest BCUT2D eigenvalue weighted by Crippen LogP contribution is -2.49. The number of sulfonamides is 1. The van der Waals surface area contributed by atoms with E-state index in [1.807, 2.05) is 6.07 Å². The van der Waals surface area contributed by atoms with Crippen molar-refractivity contribution in [3.05, 3.63) is 41.3 Å². The fourth-order valence-corrected chi connectivity index (χ4v) is 7.22. The maximum absolute atomic E-state index is 13.0. The smallest absolute Gasteiger partial charge is 0.253 e. The Balaban J connectivity index is 1.57. The largest absolute Gasteiger partial charge is 0.301 e. The Kier molecular flexibility index (Phi) is 5.74. The zero-order valence-corrected chi connectivity index (χ0v) is 18.7. The predicted molar refractivity (Wildman–Crippen MR) is 118 cm³/mol. The van der Waals surface area contributed by atoms with E-state index >= 15 is 0 Å². The first-order chi connectivity index (χ1) is 13.9. The summed E-state index contributed by atoms with van der Waals surface area (Å²) in [7, 11) is -3.67. The molecule has 1 aliphatic heterocycles. The van der Waals surface area contributed by atoms with Gasteiger partial charge in [-0.3, -0.25) is 4.79 Å². The molecule has 29 heavy (non-hydrogen) atoms. The Labute approximate surface area is 178 Å². The highest BCUT2D eigenvalue weighted by molar-refractivity contribution is 7.91. The molecule has 0 bridgehead atoms. The standard InChI is InChI=1S/C20H23N3O3S3/c1-13(2)14-8-9-15-17(12-14)28-20(21-15)22-19(24)16-6-3-4-10-23(16)29(25,26)18-7-5-11-27-18/h5,7-9,11-13,16H,3-4,6,10H2,1-2H3,(H,21,22,24)/t16-/m1/s1. The van der Waals surface area contributed by atoms with Crippen molar-refractivity contribution < 1.29 is 13.2 Å². The number of benzene rings is 1. The van der Waals surface area contributed by atoms with Crippen LogP contribution in [0, 0.1) is 0 Å². The number of carbonyl (C=O) groups excluding carboxylic acids is 1. The molecule has 1 N–H and O–H groups in total. The summed E-state index contributed by atoms with van der Waals surface area (Å²) in [6, 6.07) is 8.70. The molecule has 0 spiro atoms. The zero-order chi connectivity index (χ0) is 20.6. The topological polar surface area (TPSA) is 79.4 Å². The van der Waals surface area contributed by atoms with Crippen LogP contribution in [-0.2, 0) is 14.8 Å². The number of fused-ring (bicyclic) bond motifs is 1. The maximum atomic E-state index is 13.0. The fraction of sp³-hybridized carbons (Fsp3) is 0.400. The fourth-order valence-electron chi connectivity index (χ4n) is 3.52. The molecule has 1 fully saturated rings. The van der Waals surface area contributed by atoms with Crippen LogP contribution in [0.15, 0.2) is 39.9 Å². The van der Waals surface area contributed by atoms with E-state index in [0.717, 1.165) is 23.1 Å². The van der Waals surface area contributed by atoms with Gasteiger partial charge >= 0.3 is 0 Å². The van der Waals surface area contributed by atoms with Crippen molar-refractivity contribution in [3.8, 4) is 0 Å². The van der Waals surface area contributed by atoms with Crippen molar-refractivity contribution in [2.75, 3.05) is 11.9 Å². The molecule has 0 aliphatic carbocycles. The number of piperidine rings is 1. The van der Waals surface area contributed by atoms with Crippen LogP contribution in [0.5, 0.6) is 0 Å². The highest BCUT2D eigenvalue weighted by Gasteiger charge is 2.38.